The van der Waals surface area contributed by atoms with Crippen LogP contribution in [0.5, 0.6) is 0 Å². The number of nitrogens with one attached hydrogen (secondary N) is 1. The van der Waals surface area contributed by atoms with Crippen molar-refractivity contribution in [3.63, 3.8) is 0 Å². The lowest BCUT2D eigenvalue weighted by molar-refractivity contribution is -0.157. The van der Waals surface area contributed by atoms with E-state index in [1.54, 1.807) is 0 Å². The summed E-state index contributed by atoms with van der Waals surface area (Å²) in [6, 6.07) is 0. The summed E-state index contributed by atoms with van der Waals surface area (Å²) in [4.78, 5) is 11.9. The maximum atomic E-state index is 11.9. The van der Waals surface area contributed by atoms with Crippen molar-refractivity contribution in [1.82, 2.24) is 5.32 Å². The molecular weight excluding hydrogens is 218 g/mol. The topological polar surface area (TPSA) is 47.6 Å². The van der Waals surface area contributed by atoms with Gasteiger partial charge >= 0.3 is 5.97 Å². The van der Waals surface area contributed by atoms with E-state index in [-0.39, 0.29) is 11.4 Å². The van der Waals surface area contributed by atoms with E-state index in [4.69, 9.17) is 9.47 Å². The molecule has 0 aromatic heterocycles. The molecule has 100 valence electrons. The number of ether oxygens (including phenoxy) is 2. The Labute approximate surface area is 104 Å². The standard InChI is InChI=1S/C13H25NO3/c1-3-4-8-16-9-10-17-12(15)13(2)6-5-7-14-11-13/h14H,3-11H2,1-2H3. The number of carbonyl (C=O) groups is 1. The minimum Gasteiger partial charge on any atom is -0.463 e. The number of piperidine rings is 1. The molecule has 0 saturated carbocycles. The second kappa shape index (κ2) is 7.67. The first-order valence-electron chi connectivity index (χ1n) is 6.65. The van der Waals surface area contributed by atoms with Gasteiger partial charge in [0.15, 0.2) is 0 Å². The molecule has 0 aromatic rings. The predicted octanol–water partition coefficient (Wildman–Crippen LogP) is 1.74. The van der Waals surface area contributed by atoms with Crippen molar-refractivity contribution in [1.29, 1.82) is 0 Å². The zero-order valence-electron chi connectivity index (χ0n) is 11.1. The molecule has 0 bridgehead atoms. The van der Waals surface area contributed by atoms with Crippen LogP contribution in [0.3, 0.4) is 0 Å². The van der Waals surface area contributed by atoms with Crippen LogP contribution in [0, 0.1) is 5.41 Å². The number of esters is 1. The minimum absolute atomic E-state index is 0.0937. The van der Waals surface area contributed by atoms with Gasteiger partial charge in [0, 0.05) is 13.2 Å². The van der Waals surface area contributed by atoms with Gasteiger partial charge in [-0.1, -0.05) is 13.3 Å². The predicted molar refractivity (Wildman–Crippen MR) is 66.9 cm³/mol. The van der Waals surface area contributed by atoms with Crippen molar-refractivity contribution in [3.05, 3.63) is 0 Å². The first-order valence-corrected chi connectivity index (χ1v) is 6.65. The van der Waals surface area contributed by atoms with Crippen LogP contribution in [-0.2, 0) is 14.3 Å². The molecule has 1 aliphatic rings. The molecule has 1 saturated heterocycles. The summed E-state index contributed by atoms with van der Waals surface area (Å²) in [6.07, 6.45) is 4.15. The molecule has 0 aromatic carbocycles. The first-order chi connectivity index (χ1) is 8.19. The Morgan fingerprint density at radius 2 is 2.18 bits per heavy atom. The molecule has 1 unspecified atom stereocenters. The molecule has 1 N–H and O–H groups in total. The average molecular weight is 243 g/mol. The zero-order chi connectivity index (χ0) is 12.6. The Balaban J connectivity index is 2.11. The van der Waals surface area contributed by atoms with Crippen LogP contribution >= 0.6 is 0 Å². The number of hydrogen-bond donors (Lipinski definition) is 1. The third-order valence-corrected chi connectivity index (χ3v) is 3.19. The number of hydrogen-bond acceptors (Lipinski definition) is 4. The first kappa shape index (κ1) is 14.5. The van der Waals surface area contributed by atoms with Crippen LogP contribution in [0.25, 0.3) is 0 Å². The largest absolute Gasteiger partial charge is 0.463 e. The van der Waals surface area contributed by atoms with Gasteiger partial charge in [-0.2, -0.15) is 0 Å². The Morgan fingerprint density at radius 3 is 2.82 bits per heavy atom. The fraction of sp³-hybridized carbons (Fsp3) is 0.923. The van der Waals surface area contributed by atoms with Gasteiger partial charge in [0.25, 0.3) is 0 Å². The maximum Gasteiger partial charge on any atom is 0.313 e. The van der Waals surface area contributed by atoms with Gasteiger partial charge in [0.2, 0.25) is 0 Å². The van der Waals surface area contributed by atoms with E-state index in [1.165, 1.54) is 0 Å². The van der Waals surface area contributed by atoms with E-state index in [9.17, 15) is 4.79 Å². The van der Waals surface area contributed by atoms with Crippen molar-refractivity contribution >= 4 is 5.97 Å². The van der Waals surface area contributed by atoms with Gasteiger partial charge in [0.05, 0.1) is 12.0 Å². The van der Waals surface area contributed by atoms with Gasteiger partial charge in [-0.3, -0.25) is 4.79 Å². The summed E-state index contributed by atoms with van der Waals surface area (Å²) in [5.41, 5.74) is -0.346. The van der Waals surface area contributed by atoms with Crippen LogP contribution in [0.2, 0.25) is 0 Å². The molecule has 0 amide bonds. The van der Waals surface area contributed by atoms with Gasteiger partial charge in [-0.05, 0) is 32.7 Å². The highest BCUT2D eigenvalue weighted by atomic mass is 16.6. The molecule has 1 aliphatic heterocycles. The summed E-state index contributed by atoms with van der Waals surface area (Å²) >= 11 is 0. The summed E-state index contributed by atoms with van der Waals surface area (Å²) < 4.78 is 10.6. The molecule has 1 fully saturated rings. The van der Waals surface area contributed by atoms with Crippen LogP contribution < -0.4 is 5.32 Å². The highest BCUT2D eigenvalue weighted by molar-refractivity contribution is 5.76. The van der Waals surface area contributed by atoms with Crippen molar-refractivity contribution in [2.45, 2.75) is 39.5 Å². The van der Waals surface area contributed by atoms with E-state index in [1.807, 2.05) is 6.92 Å². The van der Waals surface area contributed by atoms with Gasteiger partial charge < -0.3 is 14.8 Å². The molecule has 1 atom stereocenters. The molecular formula is C13H25NO3. The maximum absolute atomic E-state index is 11.9. The summed E-state index contributed by atoms with van der Waals surface area (Å²) in [5.74, 6) is -0.0937. The van der Waals surface area contributed by atoms with Crippen molar-refractivity contribution < 1.29 is 14.3 Å². The van der Waals surface area contributed by atoms with Crippen LogP contribution in [0.1, 0.15) is 39.5 Å². The van der Waals surface area contributed by atoms with E-state index < -0.39 is 0 Å². The third-order valence-electron chi connectivity index (χ3n) is 3.19. The van der Waals surface area contributed by atoms with Gasteiger partial charge in [-0.15, -0.1) is 0 Å². The molecule has 4 heteroatoms. The zero-order valence-corrected chi connectivity index (χ0v) is 11.1. The fourth-order valence-corrected chi connectivity index (χ4v) is 1.95. The van der Waals surface area contributed by atoms with Crippen molar-refractivity contribution in [3.8, 4) is 0 Å². The highest BCUT2D eigenvalue weighted by Gasteiger charge is 2.35. The van der Waals surface area contributed by atoms with E-state index in [2.05, 4.69) is 12.2 Å². The summed E-state index contributed by atoms with van der Waals surface area (Å²) in [7, 11) is 0. The van der Waals surface area contributed by atoms with Crippen LogP contribution in [-0.4, -0.2) is 38.9 Å². The number of rotatable bonds is 7. The average Bonchev–Trinajstić information content (AvgIpc) is 2.34. The Morgan fingerprint density at radius 1 is 1.35 bits per heavy atom. The van der Waals surface area contributed by atoms with Crippen molar-refractivity contribution in [2.24, 2.45) is 5.41 Å². The molecule has 0 radical (unpaired) electrons. The Bertz CT molecular complexity index is 225. The number of carbonyl (C=O) groups excluding carboxylic acids is 1. The van der Waals surface area contributed by atoms with Crippen molar-refractivity contribution in [2.75, 3.05) is 32.9 Å². The van der Waals surface area contributed by atoms with Gasteiger partial charge in [0.1, 0.15) is 6.61 Å². The molecule has 1 rings (SSSR count). The fourth-order valence-electron chi connectivity index (χ4n) is 1.95. The van der Waals surface area contributed by atoms with Crippen LogP contribution in [0.4, 0.5) is 0 Å². The number of unbranched alkanes of at least 4 members (excludes halogenated alkanes) is 1. The Kier molecular flexibility index (Phi) is 6.52. The lowest BCUT2D eigenvalue weighted by Gasteiger charge is -2.31. The molecule has 17 heavy (non-hydrogen) atoms. The SMILES string of the molecule is CCCCOCCOC(=O)C1(C)CCCNC1. The summed E-state index contributed by atoms with van der Waals surface area (Å²) in [5, 5.41) is 3.24. The Hall–Kier alpha value is -0.610. The lowest BCUT2D eigenvalue weighted by atomic mass is 9.83. The molecule has 4 nitrogen and oxygen atoms in total. The van der Waals surface area contributed by atoms with Crippen LogP contribution in [0.15, 0.2) is 0 Å². The highest BCUT2D eigenvalue weighted by Crippen LogP contribution is 2.26. The molecule has 0 aliphatic carbocycles. The smallest absolute Gasteiger partial charge is 0.313 e. The van der Waals surface area contributed by atoms with E-state index in [0.29, 0.717) is 13.2 Å². The van der Waals surface area contributed by atoms with Gasteiger partial charge in [-0.25, -0.2) is 0 Å². The third kappa shape index (κ3) is 5.04. The van der Waals surface area contributed by atoms with E-state index in [0.717, 1.165) is 45.4 Å². The second-order valence-corrected chi connectivity index (χ2v) is 4.94. The second-order valence-electron chi connectivity index (χ2n) is 4.94. The normalized spacial score (nSPS) is 24.6. The molecule has 1 heterocycles. The summed E-state index contributed by atoms with van der Waals surface area (Å²) in [6.45, 7) is 7.46. The monoisotopic (exact) mass is 243 g/mol. The lowest BCUT2D eigenvalue weighted by Crippen LogP contribution is -2.44. The van der Waals surface area contributed by atoms with E-state index >= 15 is 0 Å². The molecule has 0 spiro atoms. The quantitative estimate of drug-likeness (QED) is 0.546. The minimum atomic E-state index is -0.346.